The van der Waals surface area contributed by atoms with E-state index in [0.29, 0.717) is 6.61 Å². The highest BCUT2D eigenvalue weighted by Gasteiger charge is 2.22. The Bertz CT molecular complexity index is 183. The number of hydrogen-bond donors (Lipinski definition) is 0. The van der Waals surface area contributed by atoms with Crippen LogP contribution in [0.3, 0.4) is 0 Å². The number of carbonyl (C=O) groups excluding carboxylic acids is 1. The first-order chi connectivity index (χ1) is 7.63. The summed E-state index contributed by atoms with van der Waals surface area (Å²) >= 11 is 0. The van der Waals surface area contributed by atoms with Crippen molar-refractivity contribution in [1.29, 1.82) is 0 Å². The van der Waals surface area contributed by atoms with Gasteiger partial charge in [0.1, 0.15) is 6.61 Å². The van der Waals surface area contributed by atoms with Gasteiger partial charge in [0.05, 0.1) is 6.10 Å². The Morgan fingerprint density at radius 1 is 1.31 bits per heavy atom. The predicted molar refractivity (Wildman–Crippen MR) is 59.1 cm³/mol. The van der Waals surface area contributed by atoms with E-state index in [1.807, 2.05) is 0 Å². The van der Waals surface area contributed by atoms with Gasteiger partial charge in [0.2, 0.25) is 0 Å². The van der Waals surface area contributed by atoms with Gasteiger partial charge in [-0.2, -0.15) is 0 Å². The van der Waals surface area contributed by atoms with E-state index in [0.717, 1.165) is 19.3 Å². The normalized spacial score (nSPS) is 24.2. The molecule has 16 heavy (non-hydrogen) atoms. The van der Waals surface area contributed by atoms with Gasteiger partial charge in [0, 0.05) is 28.3 Å². The van der Waals surface area contributed by atoms with Crippen molar-refractivity contribution >= 4 is 5.97 Å². The lowest BCUT2D eigenvalue weighted by molar-refractivity contribution is -0.194. The number of esters is 1. The molecular formula is C11H22O5. The van der Waals surface area contributed by atoms with Gasteiger partial charge in [-0.15, -0.1) is 0 Å². The molecule has 1 heterocycles. The van der Waals surface area contributed by atoms with Crippen LogP contribution in [0.25, 0.3) is 0 Å². The third kappa shape index (κ3) is 7.62. The van der Waals surface area contributed by atoms with E-state index < -0.39 is 0 Å². The van der Waals surface area contributed by atoms with Crippen molar-refractivity contribution in [2.75, 3.05) is 27.9 Å². The molecule has 5 nitrogen and oxygen atoms in total. The molecule has 1 aliphatic heterocycles. The van der Waals surface area contributed by atoms with Crippen LogP contribution in [0, 0.1) is 0 Å². The van der Waals surface area contributed by atoms with Crippen LogP contribution in [0.4, 0.5) is 0 Å². The fraction of sp³-hybridized carbons (Fsp3) is 0.909. The number of carbonyl (C=O) groups is 1. The van der Waals surface area contributed by atoms with E-state index in [9.17, 15) is 4.79 Å². The third-order valence-electron chi connectivity index (χ3n) is 2.05. The molecule has 0 N–H and O–H groups in total. The van der Waals surface area contributed by atoms with Crippen LogP contribution < -0.4 is 0 Å². The molecule has 96 valence electrons. The average molecular weight is 234 g/mol. The quantitative estimate of drug-likeness (QED) is 0.690. The number of hydrogen-bond acceptors (Lipinski definition) is 5. The van der Waals surface area contributed by atoms with Crippen molar-refractivity contribution in [3.63, 3.8) is 0 Å². The molecule has 0 aromatic rings. The summed E-state index contributed by atoms with van der Waals surface area (Å²) in [5.41, 5.74) is 0. The van der Waals surface area contributed by atoms with Crippen molar-refractivity contribution in [2.45, 2.75) is 38.6 Å². The smallest absolute Gasteiger partial charge is 0.302 e. The molecule has 0 aromatic carbocycles. The Morgan fingerprint density at radius 2 is 1.94 bits per heavy atom. The van der Waals surface area contributed by atoms with E-state index >= 15 is 0 Å². The van der Waals surface area contributed by atoms with Crippen molar-refractivity contribution in [1.82, 2.24) is 0 Å². The van der Waals surface area contributed by atoms with E-state index in [4.69, 9.17) is 14.2 Å². The van der Waals surface area contributed by atoms with Gasteiger partial charge >= 0.3 is 5.97 Å². The molecule has 0 saturated carbocycles. The summed E-state index contributed by atoms with van der Waals surface area (Å²) in [6, 6.07) is 0. The lowest BCUT2D eigenvalue weighted by Crippen LogP contribution is -2.32. The van der Waals surface area contributed by atoms with Gasteiger partial charge < -0.3 is 18.9 Å². The molecule has 0 aliphatic carbocycles. The van der Waals surface area contributed by atoms with Crippen LogP contribution in [0.1, 0.15) is 26.2 Å². The fourth-order valence-electron chi connectivity index (χ4n) is 1.37. The predicted octanol–water partition coefficient (Wildman–Crippen LogP) is 1.35. The van der Waals surface area contributed by atoms with E-state index in [1.54, 1.807) is 21.3 Å². The molecule has 1 rings (SSSR count). The van der Waals surface area contributed by atoms with Gasteiger partial charge in [-0.1, -0.05) is 0 Å². The summed E-state index contributed by atoms with van der Waals surface area (Å²) in [4.78, 5) is 10.5. The van der Waals surface area contributed by atoms with Crippen molar-refractivity contribution in [3.05, 3.63) is 0 Å². The number of rotatable bonds is 3. The number of ether oxygens (including phenoxy) is 4. The van der Waals surface area contributed by atoms with Crippen LogP contribution >= 0.6 is 0 Å². The Morgan fingerprint density at radius 3 is 2.44 bits per heavy atom. The maximum Gasteiger partial charge on any atom is 0.302 e. The zero-order valence-corrected chi connectivity index (χ0v) is 10.5. The first-order valence-corrected chi connectivity index (χ1v) is 5.35. The van der Waals surface area contributed by atoms with Crippen molar-refractivity contribution in [3.8, 4) is 0 Å². The minimum Gasteiger partial charge on any atom is -0.463 e. The molecule has 1 aliphatic rings. The molecule has 1 fully saturated rings. The maximum atomic E-state index is 10.5. The van der Waals surface area contributed by atoms with Gasteiger partial charge in [-0.3, -0.25) is 4.79 Å². The lowest BCUT2D eigenvalue weighted by atomic mass is 10.1. The fourth-order valence-corrected chi connectivity index (χ4v) is 1.37. The third-order valence-corrected chi connectivity index (χ3v) is 2.05. The molecule has 1 unspecified atom stereocenters. The average Bonchev–Trinajstić information content (AvgIpc) is 2.28. The molecule has 1 saturated heterocycles. The second kappa shape index (κ2) is 9.57. The lowest BCUT2D eigenvalue weighted by Gasteiger charge is -2.28. The monoisotopic (exact) mass is 234 g/mol. The van der Waals surface area contributed by atoms with Gasteiger partial charge in [-0.05, 0) is 19.3 Å². The standard InChI is InChI=1S/C9H16O4.C2H6O/c1-7(10)12-6-8-4-3-5-9(11-2)13-8;1-3-2/h8-9H,3-6H2,1-2H3;1-2H3/t8-,9?;/m0./s1. The van der Waals surface area contributed by atoms with Crippen LogP contribution in [0.5, 0.6) is 0 Å². The first-order valence-electron chi connectivity index (χ1n) is 5.35. The Kier molecular flexibility index (Phi) is 9.18. The summed E-state index contributed by atoms with van der Waals surface area (Å²) in [5.74, 6) is -0.261. The zero-order valence-electron chi connectivity index (χ0n) is 10.5. The largest absolute Gasteiger partial charge is 0.463 e. The molecule has 0 spiro atoms. The summed E-state index contributed by atoms with van der Waals surface area (Å²) in [6.45, 7) is 1.74. The number of methoxy groups -OCH3 is 2. The Balaban J connectivity index is 0.000000673. The minimum atomic E-state index is -0.261. The molecular weight excluding hydrogens is 212 g/mol. The Labute approximate surface area is 97.0 Å². The van der Waals surface area contributed by atoms with E-state index in [-0.39, 0.29) is 18.4 Å². The Hall–Kier alpha value is -0.650. The van der Waals surface area contributed by atoms with Crippen molar-refractivity contribution < 1.29 is 23.7 Å². The summed E-state index contributed by atoms with van der Waals surface area (Å²) < 4.78 is 19.7. The highest BCUT2D eigenvalue weighted by molar-refractivity contribution is 5.65. The van der Waals surface area contributed by atoms with Crippen LogP contribution in [-0.2, 0) is 23.7 Å². The van der Waals surface area contributed by atoms with E-state index in [2.05, 4.69) is 4.74 Å². The van der Waals surface area contributed by atoms with E-state index in [1.165, 1.54) is 6.92 Å². The molecule has 0 bridgehead atoms. The van der Waals surface area contributed by atoms with Gasteiger partial charge in [0.25, 0.3) is 0 Å². The molecule has 2 atom stereocenters. The van der Waals surface area contributed by atoms with Crippen LogP contribution in [0.2, 0.25) is 0 Å². The van der Waals surface area contributed by atoms with Crippen molar-refractivity contribution in [2.24, 2.45) is 0 Å². The molecule has 0 aromatic heterocycles. The topological polar surface area (TPSA) is 54.0 Å². The minimum absolute atomic E-state index is 0.00241. The molecule has 0 radical (unpaired) electrons. The molecule has 0 amide bonds. The van der Waals surface area contributed by atoms with Crippen LogP contribution in [-0.4, -0.2) is 46.3 Å². The second-order valence-electron chi connectivity index (χ2n) is 3.57. The SMILES string of the molecule is COC.COC1CCC[C@@H](COC(C)=O)O1. The zero-order chi connectivity index (χ0) is 12.4. The summed E-state index contributed by atoms with van der Waals surface area (Å²) in [7, 11) is 4.87. The maximum absolute atomic E-state index is 10.5. The summed E-state index contributed by atoms with van der Waals surface area (Å²) in [6.07, 6.45) is 2.79. The second-order valence-corrected chi connectivity index (χ2v) is 3.57. The van der Waals surface area contributed by atoms with Gasteiger partial charge in [-0.25, -0.2) is 0 Å². The van der Waals surface area contributed by atoms with Gasteiger partial charge in [0.15, 0.2) is 6.29 Å². The summed E-state index contributed by atoms with van der Waals surface area (Å²) in [5, 5.41) is 0. The first kappa shape index (κ1) is 15.3. The van der Waals surface area contributed by atoms with Crippen LogP contribution in [0.15, 0.2) is 0 Å². The highest BCUT2D eigenvalue weighted by atomic mass is 16.7. The highest BCUT2D eigenvalue weighted by Crippen LogP contribution is 2.19. The molecule has 5 heteroatoms.